The van der Waals surface area contributed by atoms with Gasteiger partial charge in [-0.3, -0.25) is 20.0 Å². The molecule has 0 spiro atoms. The predicted molar refractivity (Wildman–Crippen MR) is 74.4 cm³/mol. The summed E-state index contributed by atoms with van der Waals surface area (Å²) in [6.07, 6.45) is 2.83. The van der Waals surface area contributed by atoms with Crippen molar-refractivity contribution in [3.8, 4) is 0 Å². The molecule has 8 nitrogen and oxygen atoms in total. The molecule has 0 fully saturated rings. The van der Waals surface area contributed by atoms with Crippen LogP contribution in [0.4, 0.5) is 5.69 Å². The van der Waals surface area contributed by atoms with E-state index in [1.165, 1.54) is 36.7 Å². The van der Waals surface area contributed by atoms with E-state index in [0.29, 0.717) is 10.0 Å². The van der Waals surface area contributed by atoms with Gasteiger partial charge in [0.05, 0.1) is 21.8 Å². The van der Waals surface area contributed by atoms with E-state index in [-0.39, 0.29) is 11.4 Å². The van der Waals surface area contributed by atoms with E-state index in [1.54, 1.807) is 0 Å². The van der Waals surface area contributed by atoms with Crippen LogP contribution < -0.4 is 5.43 Å². The summed E-state index contributed by atoms with van der Waals surface area (Å²) in [5.41, 5.74) is 3.18. The van der Waals surface area contributed by atoms with E-state index in [4.69, 9.17) is 0 Å². The molecule has 0 radical (unpaired) electrons. The molecule has 0 saturated carbocycles. The molecule has 102 valence electrons. The van der Waals surface area contributed by atoms with Crippen LogP contribution in [0.3, 0.4) is 0 Å². The number of nitro benzene ring substituents is 1. The molecule has 0 atom stereocenters. The number of aromatic amines is 1. The molecule has 2 aromatic rings. The summed E-state index contributed by atoms with van der Waals surface area (Å²) < 4.78 is 0.528. The minimum atomic E-state index is -0.488. The van der Waals surface area contributed by atoms with Gasteiger partial charge in [-0.25, -0.2) is 5.43 Å². The lowest BCUT2D eigenvalue weighted by molar-refractivity contribution is -0.384. The second-order valence-corrected chi connectivity index (χ2v) is 4.50. The molecule has 0 aliphatic carbocycles. The molecule has 0 saturated heterocycles. The Kier molecular flexibility index (Phi) is 4.20. The number of benzene rings is 1. The molecule has 2 rings (SSSR count). The van der Waals surface area contributed by atoms with Crippen LogP contribution in [-0.2, 0) is 0 Å². The fourth-order valence-corrected chi connectivity index (χ4v) is 1.71. The zero-order valence-corrected chi connectivity index (χ0v) is 11.5. The number of halogens is 1. The lowest BCUT2D eigenvalue weighted by atomic mass is 10.2. The molecule has 0 bridgehead atoms. The largest absolute Gasteiger partial charge is 0.290 e. The van der Waals surface area contributed by atoms with E-state index in [0.717, 1.165) is 0 Å². The smallest absolute Gasteiger partial charge is 0.272 e. The first-order valence-corrected chi connectivity index (χ1v) is 6.14. The van der Waals surface area contributed by atoms with E-state index < -0.39 is 10.8 Å². The Hall–Kier alpha value is -2.55. The first kappa shape index (κ1) is 13.9. The van der Waals surface area contributed by atoms with Crippen LogP contribution in [0.1, 0.15) is 16.1 Å². The van der Waals surface area contributed by atoms with Gasteiger partial charge in [0, 0.05) is 12.1 Å². The van der Waals surface area contributed by atoms with E-state index >= 15 is 0 Å². The maximum Gasteiger partial charge on any atom is 0.290 e. The minimum absolute atomic E-state index is 0.00687. The number of nitrogens with one attached hydrogen (secondary N) is 2. The fourth-order valence-electron chi connectivity index (χ4n) is 1.33. The van der Waals surface area contributed by atoms with Crippen LogP contribution in [0.5, 0.6) is 0 Å². The number of non-ortho nitro benzene ring substituents is 1. The van der Waals surface area contributed by atoms with Crippen molar-refractivity contribution >= 4 is 33.7 Å². The maximum absolute atomic E-state index is 11.6. The molecule has 1 heterocycles. The average molecular weight is 338 g/mol. The van der Waals surface area contributed by atoms with E-state index in [1.807, 2.05) is 0 Å². The number of hydrogen-bond donors (Lipinski definition) is 2. The van der Waals surface area contributed by atoms with Gasteiger partial charge in [0.25, 0.3) is 11.6 Å². The van der Waals surface area contributed by atoms with Crippen molar-refractivity contribution in [2.45, 2.75) is 0 Å². The lowest BCUT2D eigenvalue weighted by Gasteiger charge is -1.97. The molecular formula is C11H8BrN5O3. The molecule has 1 aromatic heterocycles. The molecular weight excluding hydrogens is 330 g/mol. The molecule has 2 N–H and O–H groups in total. The van der Waals surface area contributed by atoms with Crippen molar-refractivity contribution in [2.75, 3.05) is 0 Å². The van der Waals surface area contributed by atoms with Crippen molar-refractivity contribution in [1.29, 1.82) is 0 Å². The maximum atomic E-state index is 11.6. The third-order valence-corrected chi connectivity index (χ3v) is 2.91. The summed E-state index contributed by atoms with van der Waals surface area (Å²) in [5.74, 6) is -0.451. The Morgan fingerprint density at radius 3 is 2.70 bits per heavy atom. The number of aromatic nitrogens is 2. The zero-order chi connectivity index (χ0) is 14.5. The molecule has 9 heteroatoms. The fraction of sp³-hybridized carbons (Fsp3) is 0. The van der Waals surface area contributed by atoms with E-state index in [2.05, 4.69) is 36.7 Å². The summed E-state index contributed by atoms with van der Waals surface area (Å²) in [5, 5.41) is 20.4. The summed E-state index contributed by atoms with van der Waals surface area (Å²) in [6, 6.07) is 5.77. The van der Waals surface area contributed by atoms with Gasteiger partial charge in [-0.05, 0) is 33.6 Å². The second kappa shape index (κ2) is 6.06. The summed E-state index contributed by atoms with van der Waals surface area (Å²) in [6.45, 7) is 0. The standard InChI is InChI=1S/C11H8BrN5O3/c12-9-6-14-15-10(9)11(18)16-13-5-7-1-3-8(4-2-7)17(19)20/h1-6H,(H,14,15)(H,16,18). The Labute approximate surface area is 121 Å². The number of H-pyrrole nitrogens is 1. The Bertz CT molecular complexity index is 665. The van der Waals surface area contributed by atoms with Crippen molar-refractivity contribution in [2.24, 2.45) is 5.10 Å². The third kappa shape index (κ3) is 3.26. The second-order valence-electron chi connectivity index (χ2n) is 3.64. The van der Waals surface area contributed by atoms with Crippen molar-refractivity contribution in [1.82, 2.24) is 15.6 Å². The van der Waals surface area contributed by atoms with Gasteiger partial charge in [-0.1, -0.05) is 0 Å². The summed E-state index contributed by atoms with van der Waals surface area (Å²) in [4.78, 5) is 21.6. The van der Waals surface area contributed by atoms with Crippen molar-refractivity contribution in [3.63, 3.8) is 0 Å². The number of nitro groups is 1. The highest BCUT2D eigenvalue weighted by atomic mass is 79.9. The Balaban J connectivity index is 1.98. The van der Waals surface area contributed by atoms with E-state index in [9.17, 15) is 14.9 Å². The molecule has 0 aliphatic rings. The monoisotopic (exact) mass is 337 g/mol. The molecule has 20 heavy (non-hydrogen) atoms. The van der Waals surface area contributed by atoms with Crippen LogP contribution in [0, 0.1) is 10.1 Å². The highest BCUT2D eigenvalue weighted by Gasteiger charge is 2.10. The van der Waals surface area contributed by atoms with Gasteiger partial charge in [-0.2, -0.15) is 10.2 Å². The van der Waals surface area contributed by atoms with Gasteiger partial charge < -0.3 is 0 Å². The number of hydrazone groups is 1. The minimum Gasteiger partial charge on any atom is -0.272 e. The Morgan fingerprint density at radius 1 is 1.45 bits per heavy atom. The predicted octanol–water partition coefficient (Wildman–Crippen LogP) is 1.84. The van der Waals surface area contributed by atoms with Crippen LogP contribution >= 0.6 is 15.9 Å². The van der Waals surface area contributed by atoms with Crippen LogP contribution in [0.15, 0.2) is 40.0 Å². The van der Waals surface area contributed by atoms with Crippen LogP contribution in [0.25, 0.3) is 0 Å². The normalized spacial score (nSPS) is 10.7. The van der Waals surface area contributed by atoms with Crippen molar-refractivity contribution in [3.05, 3.63) is 56.3 Å². The zero-order valence-electron chi connectivity index (χ0n) is 9.91. The van der Waals surface area contributed by atoms with Gasteiger partial charge in [0.2, 0.25) is 0 Å². The quantitative estimate of drug-likeness (QED) is 0.503. The number of hydrogen-bond acceptors (Lipinski definition) is 5. The first-order chi connectivity index (χ1) is 9.58. The SMILES string of the molecule is O=C(NN=Cc1ccc([N+](=O)[O-])cc1)c1[nH]ncc1Br. The number of carbonyl (C=O) groups excluding carboxylic acids is 1. The molecule has 0 unspecified atom stereocenters. The summed E-state index contributed by atoms with van der Waals surface area (Å²) in [7, 11) is 0. The third-order valence-electron chi connectivity index (χ3n) is 2.30. The van der Waals surface area contributed by atoms with Gasteiger partial charge in [-0.15, -0.1) is 0 Å². The van der Waals surface area contributed by atoms with Crippen LogP contribution in [-0.4, -0.2) is 27.2 Å². The molecule has 1 aromatic carbocycles. The van der Waals surface area contributed by atoms with Gasteiger partial charge in [0.1, 0.15) is 5.69 Å². The lowest BCUT2D eigenvalue weighted by Crippen LogP contribution is -2.18. The summed E-state index contributed by atoms with van der Waals surface area (Å²) >= 11 is 3.15. The highest BCUT2D eigenvalue weighted by Crippen LogP contribution is 2.12. The van der Waals surface area contributed by atoms with Gasteiger partial charge in [0.15, 0.2) is 0 Å². The number of carbonyl (C=O) groups is 1. The Morgan fingerprint density at radius 2 is 2.15 bits per heavy atom. The topological polar surface area (TPSA) is 113 Å². The van der Waals surface area contributed by atoms with Crippen LogP contribution in [0.2, 0.25) is 0 Å². The highest BCUT2D eigenvalue weighted by molar-refractivity contribution is 9.10. The average Bonchev–Trinajstić information content (AvgIpc) is 2.85. The first-order valence-electron chi connectivity index (χ1n) is 5.34. The number of amides is 1. The molecule has 0 aliphatic heterocycles. The molecule has 1 amide bonds. The van der Waals surface area contributed by atoms with Crippen molar-refractivity contribution < 1.29 is 9.72 Å². The number of rotatable bonds is 4. The van der Waals surface area contributed by atoms with Gasteiger partial charge >= 0.3 is 0 Å². The number of nitrogens with zero attached hydrogens (tertiary/aromatic N) is 3.